The number of rotatable bonds is 3. The second kappa shape index (κ2) is 5.89. The van der Waals surface area contributed by atoms with E-state index in [9.17, 15) is 0 Å². The molecule has 0 saturated heterocycles. The highest BCUT2D eigenvalue weighted by Crippen LogP contribution is 2.41. The zero-order valence-corrected chi connectivity index (χ0v) is 10.1. The highest BCUT2D eigenvalue weighted by Gasteiger charge is 2.32. The molecule has 0 aliphatic heterocycles. The average molecular weight is 209 g/mol. The van der Waals surface area contributed by atoms with Gasteiger partial charge in [0.05, 0.1) is 0 Å². The van der Waals surface area contributed by atoms with Gasteiger partial charge in [0, 0.05) is 7.11 Å². The van der Waals surface area contributed by atoms with Crippen molar-refractivity contribution in [2.75, 3.05) is 7.11 Å². The Labute approximate surface area is 94.6 Å². The zero-order valence-electron chi connectivity index (χ0n) is 10.1. The SMILES string of the molecule is CO[C](C1CCCCC1)C1CCCCC1. The maximum atomic E-state index is 5.75. The van der Waals surface area contributed by atoms with E-state index in [1.807, 2.05) is 7.11 Å². The van der Waals surface area contributed by atoms with Gasteiger partial charge in [-0.15, -0.1) is 0 Å². The second-order valence-electron chi connectivity index (χ2n) is 5.28. The van der Waals surface area contributed by atoms with Crippen molar-refractivity contribution in [1.29, 1.82) is 0 Å². The second-order valence-corrected chi connectivity index (χ2v) is 5.28. The molecular formula is C14H25O. The van der Waals surface area contributed by atoms with Crippen molar-refractivity contribution in [3.63, 3.8) is 0 Å². The van der Waals surface area contributed by atoms with Gasteiger partial charge in [-0.25, -0.2) is 0 Å². The highest BCUT2D eigenvalue weighted by molar-refractivity contribution is 4.95. The quantitative estimate of drug-likeness (QED) is 0.672. The van der Waals surface area contributed by atoms with Crippen molar-refractivity contribution in [3.8, 4) is 0 Å². The van der Waals surface area contributed by atoms with Crippen LogP contribution in [0.1, 0.15) is 64.2 Å². The number of hydrogen-bond donors (Lipinski definition) is 0. The highest BCUT2D eigenvalue weighted by atomic mass is 16.5. The molecule has 0 N–H and O–H groups in total. The summed E-state index contributed by atoms with van der Waals surface area (Å²) >= 11 is 0. The molecular weight excluding hydrogens is 184 g/mol. The zero-order chi connectivity index (χ0) is 10.5. The van der Waals surface area contributed by atoms with Crippen LogP contribution in [0.2, 0.25) is 0 Å². The molecule has 0 atom stereocenters. The van der Waals surface area contributed by atoms with Crippen LogP contribution in [0, 0.1) is 17.9 Å². The Morgan fingerprint density at radius 3 is 1.47 bits per heavy atom. The van der Waals surface area contributed by atoms with Crippen molar-refractivity contribution < 1.29 is 4.74 Å². The van der Waals surface area contributed by atoms with Gasteiger partial charge < -0.3 is 4.74 Å². The molecule has 15 heavy (non-hydrogen) atoms. The van der Waals surface area contributed by atoms with Gasteiger partial charge in [-0.2, -0.15) is 0 Å². The number of hydrogen-bond acceptors (Lipinski definition) is 1. The van der Waals surface area contributed by atoms with E-state index in [1.54, 1.807) is 0 Å². The van der Waals surface area contributed by atoms with Gasteiger partial charge in [0.2, 0.25) is 0 Å². The smallest absolute Gasteiger partial charge is 0.103 e. The summed E-state index contributed by atoms with van der Waals surface area (Å²) in [5.41, 5.74) is 0. The monoisotopic (exact) mass is 209 g/mol. The third-order valence-corrected chi connectivity index (χ3v) is 4.25. The van der Waals surface area contributed by atoms with E-state index in [2.05, 4.69) is 0 Å². The largest absolute Gasteiger partial charge is 0.375 e. The molecule has 87 valence electrons. The Balaban J connectivity index is 1.88. The van der Waals surface area contributed by atoms with Crippen LogP contribution in [0.3, 0.4) is 0 Å². The summed E-state index contributed by atoms with van der Waals surface area (Å²) in [6.45, 7) is 0. The fourth-order valence-electron chi connectivity index (χ4n) is 3.44. The molecule has 1 radical (unpaired) electrons. The van der Waals surface area contributed by atoms with Gasteiger partial charge in [0.15, 0.2) is 0 Å². The van der Waals surface area contributed by atoms with Gasteiger partial charge in [-0.3, -0.25) is 0 Å². The lowest BCUT2D eigenvalue weighted by atomic mass is 9.75. The molecule has 1 nitrogen and oxygen atoms in total. The first-order chi connectivity index (χ1) is 7.42. The molecule has 0 aromatic carbocycles. The van der Waals surface area contributed by atoms with Gasteiger partial charge in [0.25, 0.3) is 0 Å². The summed E-state index contributed by atoms with van der Waals surface area (Å²) < 4.78 is 5.75. The third-order valence-electron chi connectivity index (χ3n) is 4.25. The molecule has 0 heterocycles. The summed E-state index contributed by atoms with van der Waals surface area (Å²) in [7, 11) is 1.90. The van der Waals surface area contributed by atoms with Crippen molar-refractivity contribution in [1.82, 2.24) is 0 Å². The average Bonchev–Trinajstić information content (AvgIpc) is 2.33. The maximum absolute atomic E-state index is 5.75. The fraction of sp³-hybridized carbons (Fsp3) is 0.929. The van der Waals surface area contributed by atoms with Gasteiger partial charge in [-0.05, 0) is 37.5 Å². The molecule has 0 spiro atoms. The molecule has 2 aliphatic rings. The van der Waals surface area contributed by atoms with E-state index in [0.29, 0.717) is 0 Å². The van der Waals surface area contributed by atoms with Crippen LogP contribution in [-0.4, -0.2) is 7.11 Å². The summed E-state index contributed by atoms with van der Waals surface area (Å²) in [6, 6.07) is 0. The van der Waals surface area contributed by atoms with Crippen molar-refractivity contribution in [2.24, 2.45) is 11.8 Å². The van der Waals surface area contributed by atoms with Gasteiger partial charge in [0.1, 0.15) is 6.10 Å². The van der Waals surface area contributed by atoms with Gasteiger partial charge in [-0.1, -0.05) is 38.5 Å². The van der Waals surface area contributed by atoms with E-state index in [4.69, 9.17) is 4.74 Å². The van der Waals surface area contributed by atoms with E-state index in [1.165, 1.54) is 70.3 Å². The molecule has 1 heteroatoms. The van der Waals surface area contributed by atoms with E-state index < -0.39 is 0 Å². The van der Waals surface area contributed by atoms with Crippen LogP contribution in [0.15, 0.2) is 0 Å². The molecule has 0 aromatic heterocycles. The molecule has 0 amide bonds. The minimum atomic E-state index is 0.798. The molecule has 2 saturated carbocycles. The fourth-order valence-corrected chi connectivity index (χ4v) is 3.44. The van der Waals surface area contributed by atoms with Crippen molar-refractivity contribution in [2.45, 2.75) is 64.2 Å². The topological polar surface area (TPSA) is 9.23 Å². The van der Waals surface area contributed by atoms with Crippen LogP contribution >= 0.6 is 0 Å². The first kappa shape index (κ1) is 11.4. The maximum Gasteiger partial charge on any atom is 0.103 e. The van der Waals surface area contributed by atoms with Crippen molar-refractivity contribution in [3.05, 3.63) is 6.10 Å². The number of ether oxygens (including phenoxy) is 1. The normalized spacial score (nSPS) is 26.0. The first-order valence-electron chi connectivity index (χ1n) is 6.82. The molecule has 0 aromatic rings. The molecule has 0 unspecified atom stereocenters. The minimum Gasteiger partial charge on any atom is -0.375 e. The Bertz CT molecular complexity index is 148. The predicted octanol–water partition coefficient (Wildman–Crippen LogP) is 4.33. The third kappa shape index (κ3) is 2.96. The lowest BCUT2D eigenvalue weighted by molar-refractivity contribution is 0.0755. The summed E-state index contributed by atoms with van der Waals surface area (Å²) in [5, 5.41) is 0. The van der Waals surface area contributed by atoms with Gasteiger partial charge >= 0.3 is 0 Å². The lowest BCUT2D eigenvalue weighted by Crippen LogP contribution is -2.26. The Morgan fingerprint density at radius 2 is 1.13 bits per heavy atom. The van der Waals surface area contributed by atoms with Crippen LogP contribution in [0.25, 0.3) is 0 Å². The summed E-state index contributed by atoms with van der Waals surface area (Å²) in [5.74, 6) is 1.60. The standard InChI is InChI=1S/C14H25O/c1-15-14(12-8-4-2-5-9-12)13-10-6-3-7-11-13/h12-13H,2-11H2,1H3. The molecule has 0 bridgehead atoms. The van der Waals surface area contributed by atoms with E-state index >= 15 is 0 Å². The van der Waals surface area contributed by atoms with Crippen LogP contribution in [0.5, 0.6) is 0 Å². The number of methoxy groups -OCH3 is 1. The van der Waals surface area contributed by atoms with E-state index in [0.717, 1.165) is 11.8 Å². The Kier molecular flexibility index (Phi) is 4.49. The van der Waals surface area contributed by atoms with Crippen LogP contribution < -0.4 is 0 Å². The van der Waals surface area contributed by atoms with E-state index in [-0.39, 0.29) is 0 Å². The summed E-state index contributed by atoms with van der Waals surface area (Å²) in [4.78, 5) is 0. The molecule has 2 fully saturated rings. The van der Waals surface area contributed by atoms with Crippen molar-refractivity contribution >= 4 is 0 Å². The molecule has 2 rings (SSSR count). The Morgan fingerprint density at radius 1 is 0.733 bits per heavy atom. The van der Waals surface area contributed by atoms with Crippen LogP contribution in [-0.2, 0) is 4.74 Å². The molecule has 2 aliphatic carbocycles. The minimum absolute atomic E-state index is 0.798. The predicted molar refractivity (Wildman–Crippen MR) is 63.4 cm³/mol. The summed E-state index contributed by atoms with van der Waals surface area (Å²) in [6.07, 6.45) is 15.6. The first-order valence-corrected chi connectivity index (χ1v) is 6.82. The Hall–Kier alpha value is -0.0400. The van der Waals surface area contributed by atoms with Crippen LogP contribution in [0.4, 0.5) is 0 Å². The lowest BCUT2D eigenvalue weighted by Gasteiger charge is -2.35.